The molecule has 0 saturated carbocycles. The third-order valence-electron chi connectivity index (χ3n) is 5.38. The minimum Gasteiger partial charge on any atom is -0.356 e. The first-order valence-corrected chi connectivity index (χ1v) is 14.7. The number of carbonyl (C=O) groups excluding carboxylic acids is 2. The largest absolute Gasteiger partial charge is 0.356 e. The molecule has 1 heterocycles. The number of halogens is 2. The molecule has 0 bridgehead atoms. The first kappa shape index (κ1) is 29.1. The predicted octanol–water partition coefficient (Wildman–Crippen LogP) is 4.26. The van der Waals surface area contributed by atoms with Crippen molar-refractivity contribution >= 4 is 56.7 Å². The maximum Gasteiger partial charge on any atom is 0.243 e. The van der Waals surface area contributed by atoms with Crippen LogP contribution in [-0.4, -0.2) is 64.6 Å². The number of nitrogens with one attached hydrogen (secondary N) is 1. The standard InChI is InChI=1S/C24H27Cl2N5O4S2/c1-4-30(5-2)37(34,35)21-8-6-17(7-9-21)22(33)15-36-24-29-28-23(10-11-27-16(3)32)31(24)20-13-18(25)12-19(26)14-20/h6-9,12-14H,4-5,10-11,15H2,1-3H3,(H,27,32). The highest BCUT2D eigenvalue weighted by atomic mass is 35.5. The lowest BCUT2D eigenvalue weighted by atomic mass is 10.1. The van der Waals surface area contributed by atoms with Gasteiger partial charge >= 0.3 is 0 Å². The van der Waals surface area contributed by atoms with Gasteiger partial charge in [0.05, 0.1) is 16.3 Å². The third-order valence-corrected chi connectivity index (χ3v) is 8.81. The fourth-order valence-electron chi connectivity index (χ4n) is 3.57. The molecular formula is C24H27Cl2N5O4S2. The Bertz CT molecular complexity index is 1350. The Balaban J connectivity index is 1.81. The Morgan fingerprint density at radius 3 is 2.22 bits per heavy atom. The van der Waals surface area contributed by atoms with Crippen LogP contribution in [-0.2, 0) is 21.2 Å². The summed E-state index contributed by atoms with van der Waals surface area (Å²) in [5.41, 5.74) is 1.01. The van der Waals surface area contributed by atoms with E-state index in [-0.39, 0.29) is 22.3 Å². The molecule has 0 spiro atoms. The number of thioether (sulfide) groups is 1. The molecule has 9 nitrogen and oxygen atoms in total. The number of hydrogen-bond acceptors (Lipinski definition) is 7. The maximum atomic E-state index is 12.9. The zero-order chi connectivity index (χ0) is 27.2. The SMILES string of the molecule is CCN(CC)S(=O)(=O)c1ccc(C(=O)CSc2nnc(CCNC(C)=O)n2-c2cc(Cl)cc(Cl)c2)cc1. The fraction of sp³-hybridized carbons (Fsp3) is 0.333. The number of ketones is 1. The number of rotatable bonds is 12. The molecule has 2 aromatic carbocycles. The van der Waals surface area contributed by atoms with Crippen molar-refractivity contribution in [2.45, 2.75) is 37.2 Å². The second kappa shape index (κ2) is 12.9. The van der Waals surface area contributed by atoms with Gasteiger partial charge in [0.2, 0.25) is 15.9 Å². The minimum absolute atomic E-state index is 0.0419. The van der Waals surface area contributed by atoms with Crippen LogP contribution in [0.5, 0.6) is 0 Å². The number of amides is 1. The van der Waals surface area contributed by atoms with Crippen LogP contribution in [0.1, 0.15) is 37.0 Å². The average Bonchev–Trinajstić information content (AvgIpc) is 3.25. The third kappa shape index (κ3) is 7.32. The second-order valence-electron chi connectivity index (χ2n) is 7.92. The summed E-state index contributed by atoms with van der Waals surface area (Å²) in [7, 11) is -3.61. The number of Topliss-reactive ketones (excluding diaryl/α,β-unsaturated/α-hetero) is 1. The van der Waals surface area contributed by atoms with Crippen molar-refractivity contribution < 1.29 is 18.0 Å². The van der Waals surface area contributed by atoms with Gasteiger partial charge in [0.1, 0.15) is 5.82 Å². The Hall–Kier alpha value is -2.44. The van der Waals surface area contributed by atoms with E-state index in [9.17, 15) is 18.0 Å². The Morgan fingerprint density at radius 1 is 1.03 bits per heavy atom. The van der Waals surface area contributed by atoms with Gasteiger partial charge in [-0.3, -0.25) is 14.2 Å². The van der Waals surface area contributed by atoms with E-state index in [1.54, 1.807) is 36.6 Å². The lowest BCUT2D eigenvalue weighted by Crippen LogP contribution is -2.30. The van der Waals surface area contributed by atoms with Gasteiger partial charge < -0.3 is 5.32 Å². The summed E-state index contributed by atoms with van der Waals surface area (Å²) in [4.78, 5) is 24.3. The summed E-state index contributed by atoms with van der Waals surface area (Å²) in [6.07, 6.45) is 0.397. The van der Waals surface area contributed by atoms with Gasteiger partial charge in [0, 0.05) is 48.6 Å². The van der Waals surface area contributed by atoms with Crippen molar-refractivity contribution in [1.82, 2.24) is 24.4 Å². The van der Waals surface area contributed by atoms with Gasteiger partial charge in [-0.1, -0.05) is 60.9 Å². The molecule has 0 aliphatic heterocycles. The molecule has 1 aromatic heterocycles. The topological polar surface area (TPSA) is 114 Å². The second-order valence-corrected chi connectivity index (χ2v) is 11.7. The average molecular weight is 585 g/mol. The molecule has 1 N–H and O–H groups in total. The number of benzene rings is 2. The van der Waals surface area contributed by atoms with Gasteiger partial charge in [-0.2, -0.15) is 4.31 Å². The Kier molecular flexibility index (Phi) is 10.1. The van der Waals surface area contributed by atoms with Crippen LogP contribution in [0.25, 0.3) is 5.69 Å². The van der Waals surface area contributed by atoms with Gasteiger partial charge in [-0.05, 0) is 30.3 Å². The van der Waals surface area contributed by atoms with Crippen LogP contribution >= 0.6 is 35.0 Å². The summed E-state index contributed by atoms with van der Waals surface area (Å²) in [5, 5.41) is 12.5. The summed E-state index contributed by atoms with van der Waals surface area (Å²) >= 11 is 13.6. The molecule has 13 heteroatoms. The molecule has 0 aliphatic rings. The van der Waals surface area contributed by atoms with Crippen LogP contribution in [0.4, 0.5) is 0 Å². The van der Waals surface area contributed by atoms with Crippen molar-refractivity contribution in [2.24, 2.45) is 0 Å². The smallest absolute Gasteiger partial charge is 0.243 e. The van der Waals surface area contributed by atoms with E-state index in [2.05, 4.69) is 15.5 Å². The molecule has 3 rings (SSSR count). The predicted molar refractivity (Wildman–Crippen MR) is 145 cm³/mol. The van der Waals surface area contributed by atoms with E-state index in [0.29, 0.717) is 58.3 Å². The van der Waals surface area contributed by atoms with Crippen molar-refractivity contribution in [1.29, 1.82) is 0 Å². The van der Waals surface area contributed by atoms with E-state index in [0.717, 1.165) is 0 Å². The van der Waals surface area contributed by atoms with Crippen LogP contribution in [0.2, 0.25) is 10.0 Å². The molecule has 37 heavy (non-hydrogen) atoms. The molecule has 0 unspecified atom stereocenters. The molecular weight excluding hydrogens is 557 g/mol. The number of carbonyl (C=O) groups is 2. The number of sulfonamides is 1. The number of aromatic nitrogens is 3. The quantitative estimate of drug-likeness (QED) is 0.250. The van der Waals surface area contributed by atoms with E-state index in [1.165, 1.54) is 47.3 Å². The molecule has 0 atom stereocenters. The van der Waals surface area contributed by atoms with Crippen LogP contribution in [0.3, 0.4) is 0 Å². The number of nitrogens with zero attached hydrogens (tertiary/aromatic N) is 4. The highest BCUT2D eigenvalue weighted by molar-refractivity contribution is 7.99. The van der Waals surface area contributed by atoms with Crippen molar-refractivity contribution in [3.8, 4) is 5.69 Å². The van der Waals surface area contributed by atoms with Gasteiger partial charge in [0.15, 0.2) is 10.9 Å². The highest BCUT2D eigenvalue weighted by Gasteiger charge is 2.22. The lowest BCUT2D eigenvalue weighted by Gasteiger charge is -2.18. The first-order chi connectivity index (χ1) is 17.6. The summed E-state index contributed by atoms with van der Waals surface area (Å²) < 4.78 is 28.5. The zero-order valence-electron chi connectivity index (χ0n) is 20.6. The van der Waals surface area contributed by atoms with Crippen LogP contribution in [0, 0.1) is 0 Å². The molecule has 0 aliphatic carbocycles. The van der Waals surface area contributed by atoms with Crippen molar-refractivity contribution in [2.75, 3.05) is 25.4 Å². The molecule has 1 amide bonds. The monoisotopic (exact) mass is 583 g/mol. The minimum atomic E-state index is -3.61. The van der Waals surface area contributed by atoms with Gasteiger partial charge in [-0.15, -0.1) is 10.2 Å². The highest BCUT2D eigenvalue weighted by Crippen LogP contribution is 2.28. The Labute approximate surface area is 230 Å². The van der Waals surface area contributed by atoms with E-state index in [4.69, 9.17) is 23.2 Å². The molecule has 3 aromatic rings. The summed E-state index contributed by atoms with van der Waals surface area (Å²) in [5.74, 6) is 0.247. The van der Waals surface area contributed by atoms with Gasteiger partial charge in [0.25, 0.3) is 0 Å². The summed E-state index contributed by atoms with van der Waals surface area (Å²) in [6.45, 7) is 6.06. The fourth-order valence-corrected chi connectivity index (χ4v) is 6.41. The zero-order valence-corrected chi connectivity index (χ0v) is 23.7. The normalized spacial score (nSPS) is 11.6. The molecule has 0 saturated heterocycles. The van der Waals surface area contributed by atoms with Crippen LogP contribution in [0.15, 0.2) is 52.5 Å². The van der Waals surface area contributed by atoms with Crippen molar-refractivity contribution in [3.63, 3.8) is 0 Å². The van der Waals surface area contributed by atoms with Crippen LogP contribution < -0.4 is 5.32 Å². The number of hydrogen-bond donors (Lipinski definition) is 1. The van der Waals surface area contributed by atoms with Crippen molar-refractivity contribution in [3.05, 3.63) is 63.9 Å². The molecule has 0 radical (unpaired) electrons. The first-order valence-electron chi connectivity index (χ1n) is 11.5. The molecule has 198 valence electrons. The Morgan fingerprint density at radius 2 is 1.65 bits per heavy atom. The van der Waals surface area contributed by atoms with Gasteiger partial charge in [-0.25, -0.2) is 8.42 Å². The van der Waals surface area contributed by atoms with E-state index >= 15 is 0 Å². The summed E-state index contributed by atoms with van der Waals surface area (Å²) in [6, 6.07) is 10.9. The van der Waals surface area contributed by atoms with E-state index in [1.807, 2.05) is 0 Å². The van der Waals surface area contributed by atoms with E-state index < -0.39 is 10.0 Å². The lowest BCUT2D eigenvalue weighted by molar-refractivity contribution is -0.118. The molecule has 0 fully saturated rings. The maximum absolute atomic E-state index is 12.9.